The first-order valence-electron chi connectivity index (χ1n) is 3.72. The Morgan fingerprint density at radius 1 is 1.20 bits per heavy atom. The molecule has 0 saturated carbocycles. The average Bonchev–Trinajstić information content (AvgIpc) is 2.06. The summed E-state index contributed by atoms with van der Waals surface area (Å²) in [6.45, 7) is -3.21. The van der Waals surface area contributed by atoms with Gasteiger partial charge in [0.15, 0.2) is 0 Å². The number of ether oxygens (including phenoxy) is 1. The highest BCUT2D eigenvalue weighted by Gasteiger charge is 2.31. The number of halogens is 5. The van der Waals surface area contributed by atoms with Crippen LogP contribution in [0.4, 0.5) is 27.6 Å². The zero-order valence-corrected chi connectivity index (χ0v) is 7.18. The highest BCUT2D eigenvalue weighted by molar-refractivity contribution is 5.54. The second kappa shape index (κ2) is 3.92. The van der Waals surface area contributed by atoms with Crippen molar-refractivity contribution in [3.63, 3.8) is 0 Å². The van der Waals surface area contributed by atoms with Gasteiger partial charge in [0.1, 0.15) is 5.75 Å². The van der Waals surface area contributed by atoms with Crippen molar-refractivity contribution in [2.75, 3.05) is 5.73 Å². The number of rotatable bonds is 2. The first-order chi connectivity index (χ1) is 6.80. The molecule has 0 bridgehead atoms. The van der Waals surface area contributed by atoms with Gasteiger partial charge in [-0.15, -0.1) is 0 Å². The summed E-state index contributed by atoms with van der Waals surface area (Å²) in [5, 5.41) is 0. The molecule has 2 nitrogen and oxygen atoms in total. The maximum Gasteiger partial charge on any atom is 0.416 e. The third-order valence-corrected chi connectivity index (χ3v) is 1.56. The van der Waals surface area contributed by atoms with Crippen molar-refractivity contribution in [1.29, 1.82) is 0 Å². The second-order valence-corrected chi connectivity index (χ2v) is 2.63. The smallest absolute Gasteiger partial charge is 0.416 e. The summed E-state index contributed by atoms with van der Waals surface area (Å²) < 4.78 is 63.8. The molecule has 0 heterocycles. The van der Waals surface area contributed by atoms with Crippen molar-refractivity contribution in [3.8, 4) is 5.75 Å². The highest BCUT2D eigenvalue weighted by atomic mass is 19.4. The number of nitrogen functional groups attached to an aromatic ring is 1. The lowest BCUT2D eigenvalue weighted by Gasteiger charge is -2.11. The molecule has 1 rings (SSSR count). The van der Waals surface area contributed by atoms with Gasteiger partial charge in [-0.1, -0.05) is 0 Å². The molecule has 0 aromatic heterocycles. The highest BCUT2D eigenvalue weighted by Crippen LogP contribution is 2.34. The Labute approximate surface area is 81.4 Å². The van der Waals surface area contributed by atoms with E-state index in [1.54, 1.807) is 0 Å². The molecular formula is C8H6F5NO. The van der Waals surface area contributed by atoms with E-state index in [0.717, 1.165) is 6.07 Å². The maximum atomic E-state index is 12.2. The molecule has 1 aromatic rings. The van der Waals surface area contributed by atoms with Gasteiger partial charge < -0.3 is 10.5 Å². The van der Waals surface area contributed by atoms with Crippen molar-refractivity contribution in [1.82, 2.24) is 0 Å². The number of benzene rings is 1. The van der Waals surface area contributed by atoms with Gasteiger partial charge in [-0.25, -0.2) is 0 Å². The molecule has 0 aliphatic carbocycles. The normalized spacial score (nSPS) is 11.9. The third kappa shape index (κ3) is 2.97. The zero-order chi connectivity index (χ0) is 11.6. The van der Waals surface area contributed by atoms with E-state index in [0.29, 0.717) is 12.1 Å². The SMILES string of the molecule is Nc1ccc(C(F)(F)F)cc1OC(F)F. The van der Waals surface area contributed by atoms with Crippen LogP contribution in [0.3, 0.4) is 0 Å². The lowest BCUT2D eigenvalue weighted by atomic mass is 10.2. The molecule has 7 heteroatoms. The van der Waals surface area contributed by atoms with Gasteiger partial charge in [0.2, 0.25) is 0 Å². The quantitative estimate of drug-likeness (QED) is 0.622. The van der Waals surface area contributed by atoms with Gasteiger partial charge in [0.25, 0.3) is 0 Å². The van der Waals surface area contributed by atoms with Crippen molar-refractivity contribution in [2.45, 2.75) is 12.8 Å². The monoisotopic (exact) mass is 227 g/mol. The molecule has 0 amide bonds. The van der Waals surface area contributed by atoms with E-state index in [4.69, 9.17) is 5.73 Å². The average molecular weight is 227 g/mol. The lowest BCUT2D eigenvalue weighted by molar-refractivity contribution is -0.138. The molecule has 2 N–H and O–H groups in total. The Bertz CT molecular complexity index is 349. The molecule has 0 spiro atoms. The van der Waals surface area contributed by atoms with Crippen LogP contribution in [0.1, 0.15) is 5.56 Å². The van der Waals surface area contributed by atoms with Crippen molar-refractivity contribution in [2.24, 2.45) is 0 Å². The Hall–Kier alpha value is -1.53. The fourth-order valence-electron chi connectivity index (χ4n) is 0.909. The molecule has 0 fully saturated rings. The van der Waals surface area contributed by atoms with Crippen LogP contribution in [0.15, 0.2) is 18.2 Å². The predicted molar refractivity (Wildman–Crippen MR) is 42.5 cm³/mol. The van der Waals surface area contributed by atoms with Crippen LogP contribution in [-0.4, -0.2) is 6.61 Å². The van der Waals surface area contributed by atoms with Crippen LogP contribution in [-0.2, 0) is 6.18 Å². The number of hydrogen-bond donors (Lipinski definition) is 1. The molecule has 0 atom stereocenters. The van der Waals surface area contributed by atoms with Crippen LogP contribution in [0.5, 0.6) is 5.75 Å². The van der Waals surface area contributed by atoms with Crippen molar-refractivity contribution >= 4 is 5.69 Å². The minimum atomic E-state index is -4.62. The van der Waals surface area contributed by atoms with E-state index in [1.165, 1.54) is 0 Å². The molecule has 1 aromatic carbocycles. The Morgan fingerprint density at radius 2 is 1.80 bits per heavy atom. The van der Waals surface area contributed by atoms with E-state index >= 15 is 0 Å². The standard InChI is InChI=1S/C8H6F5NO/c9-7(10)15-6-3-4(8(11,12)13)1-2-5(6)14/h1-3,7H,14H2. The summed E-state index contributed by atoms with van der Waals surface area (Å²) in [5.41, 5.74) is 3.79. The summed E-state index contributed by atoms with van der Waals surface area (Å²) in [6, 6.07) is 1.98. The van der Waals surface area contributed by atoms with E-state index in [9.17, 15) is 22.0 Å². The third-order valence-electron chi connectivity index (χ3n) is 1.56. The van der Waals surface area contributed by atoms with Gasteiger partial charge in [-0.3, -0.25) is 0 Å². The fourth-order valence-corrected chi connectivity index (χ4v) is 0.909. The second-order valence-electron chi connectivity index (χ2n) is 2.63. The van der Waals surface area contributed by atoms with Gasteiger partial charge >= 0.3 is 12.8 Å². The fraction of sp³-hybridized carbons (Fsp3) is 0.250. The molecule has 0 radical (unpaired) electrons. The minimum absolute atomic E-state index is 0.275. The Morgan fingerprint density at radius 3 is 2.27 bits per heavy atom. The van der Waals surface area contributed by atoms with Crippen LogP contribution in [0.25, 0.3) is 0 Å². The van der Waals surface area contributed by atoms with Gasteiger partial charge in [-0.2, -0.15) is 22.0 Å². The van der Waals surface area contributed by atoms with E-state index in [2.05, 4.69) is 4.74 Å². The van der Waals surface area contributed by atoms with Crippen LogP contribution in [0, 0.1) is 0 Å². The van der Waals surface area contributed by atoms with Gasteiger partial charge in [-0.05, 0) is 18.2 Å². The van der Waals surface area contributed by atoms with Crippen molar-refractivity contribution in [3.05, 3.63) is 23.8 Å². The van der Waals surface area contributed by atoms with Crippen LogP contribution < -0.4 is 10.5 Å². The number of anilines is 1. The first kappa shape index (κ1) is 11.5. The molecule has 0 aliphatic heterocycles. The van der Waals surface area contributed by atoms with E-state index in [-0.39, 0.29) is 5.69 Å². The topological polar surface area (TPSA) is 35.2 Å². The number of nitrogens with two attached hydrogens (primary N) is 1. The molecule has 84 valence electrons. The maximum absolute atomic E-state index is 12.2. The minimum Gasteiger partial charge on any atom is -0.433 e. The number of alkyl halides is 5. The van der Waals surface area contributed by atoms with E-state index < -0.39 is 24.1 Å². The van der Waals surface area contributed by atoms with E-state index in [1.807, 2.05) is 0 Å². The zero-order valence-electron chi connectivity index (χ0n) is 7.18. The Balaban J connectivity index is 3.06. The summed E-state index contributed by atoms with van der Waals surface area (Å²) in [6.07, 6.45) is -4.62. The molecule has 0 saturated heterocycles. The summed E-state index contributed by atoms with van der Waals surface area (Å²) in [5.74, 6) is -0.681. The Kier molecular flexibility index (Phi) is 3.01. The van der Waals surface area contributed by atoms with Crippen molar-refractivity contribution < 1.29 is 26.7 Å². The summed E-state index contributed by atoms with van der Waals surface area (Å²) >= 11 is 0. The van der Waals surface area contributed by atoms with Crippen LogP contribution >= 0.6 is 0 Å². The number of hydrogen-bond acceptors (Lipinski definition) is 2. The predicted octanol–water partition coefficient (Wildman–Crippen LogP) is 2.89. The molecule has 15 heavy (non-hydrogen) atoms. The summed E-state index contributed by atoms with van der Waals surface area (Å²) in [4.78, 5) is 0. The summed E-state index contributed by atoms with van der Waals surface area (Å²) in [7, 11) is 0. The van der Waals surface area contributed by atoms with Gasteiger partial charge in [0.05, 0.1) is 11.3 Å². The van der Waals surface area contributed by atoms with Crippen LogP contribution in [0.2, 0.25) is 0 Å². The molecular weight excluding hydrogens is 221 g/mol. The first-order valence-corrected chi connectivity index (χ1v) is 3.72. The lowest BCUT2D eigenvalue weighted by Crippen LogP contribution is -2.09. The molecule has 0 unspecified atom stereocenters. The molecule has 0 aliphatic rings. The largest absolute Gasteiger partial charge is 0.433 e. The van der Waals surface area contributed by atoms with Gasteiger partial charge in [0, 0.05) is 0 Å².